The molecule has 23 heavy (non-hydrogen) atoms. The minimum absolute atomic E-state index is 0.255. The number of benzene rings is 1. The van der Waals surface area contributed by atoms with Gasteiger partial charge in [-0.05, 0) is 18.2 Å². The number of aliphatic hydroxyl groups is 2. The topological polar surface area (TPSA) is 105 Å². The Morgan fingerprint density at radius 1 is 1.48 bits per heavy atom. The van der Waals surface area contributed by atoms with Crippen molar-refractivity contribution < 1.29 is 19.7 Å². The number of hydrogen-bond acceptors (Lipinski definition) is 7. The molecule has 1 aromatic heterocycles. The predicted molar refractivity (Wildman–Crippen MR) is 84.6 cm³/mol. The smallest absolute Gasteiger partial charge is 0.257 e. The van der Waals surface area contributed by atoms with Gasteiger partial charge in [-0.1, -0.05) is 29.0 Å². The van der Waals surface area contributed by atoms with Crippen LogP contribution in [-0.2, 0) is 4.74 Å². The quantitative estimate of drug-likeness (QED) is 0.770. The summed E-state index contributed by atoms with van der Waals surface area (Å²) in [6, 6.07) is 6.57. The first kappa shape index (κ1) is 16.3. The molecule has 2 aromatic rings. The van der Waals surface area contributed by atoms with Crippen LogP contribution in [0.25, 0.3) is 0 Å². The molecule has 0 bridgehead atoms. The molecule has 0 unspecified atom stereocenters. The van der Waals surface area contributed by atoms with Gasteiger partial charge >= 0.3 is 0 Å². The lowest BCUT2D eigenvalue weighted by molar-refractivity contribution is -0.0227. The van der Waals surface area contributed by atoms with Crippen molar-refractivity contribution >= 4 is 34.0 Å². The zero-order valence-electron chi connectivity index (χ0n) is 11.8. The molecule has 1 aliphatic heterocycles. The van der Waals surface area contributed by atoms with Crippen molar-refractivity contribution in [1.82, 2.24) is 10.2 Å². The molecule has 3 atom stereocenters. The number of aliphatic hydroxyl groups excluding tert-OH is 2. The van der Waals surface area contributed by atoms with Crippen LogP contribution < -0.4 is 5.32 Å². The van der Waals surface area contributed by atoms with Crippen LogP contribution in [0.1, 0.15) is 27.9 Å². The van der Waals surface area contributed by atoms with Crippen LogP contribution in [0.2, 0.25) is 5.02 Å². The molecule has 1 aliphatic rings. The van der Waals surface area contributed by atoms with E-state index in [0.29, 0.717) is 27.1 Å². The van der Waals surface area contributed by atoms with Crippen LogP contribution in [-0.4, -0.2) is 45.1 Å². The number of nitrogens with one attached hydrogen (secondary N) is 1. The molecule has 1 aromatic carbocycles. The average molecular weight is 356 g/mol. The van der Waals surface area contributed by atoms with E-state index in [0.717, 1.165) is 0 Å². The van der Waals surface area contributed by atoms with Gasteiger partial charge in [-0.25, -0.2) is 0 Å². The fourth-order valence-corrected chi connectivity index (χ4v) is 3.24. The monoisotopic (exact) mass is 355 g/mol. The molecular weight excluding hydrogens is 342 g/mol. The van der Waals surface area contributed by atoms with Gasteiger partial charge in [-0.15, -0.1) is 10.2 Å². The lowest BCUT2D eigenvalue weighted by Crippen LogP contribution is -2.24. The van der Waals surface area contributed by atoms with E-state index in [1.54, 1.807) is 24.3 Å². The molecule has 2 heterocycles. The van der Waals surface area contributed by atoms with Gasteiger partial charge in [0.2, 0.25) is 5.13 Å². The van der Waals surface area contributed by atoms with Crippen molar-refractivity contribution in [1.29, 1.82) is 0 Å². The second-order valence-electron chi connectivity index (χ2n) is 5.06. The predicted octanol–water partition coefficient (Wildman–Crippen LogP) is 1.63. The molecule has 9 heteroatoms. The maximum absolute atomic E-state index is 12.1. The molecule has 3 rings (SSSR count). The Kier molecular flexibility index (Phi) is 4.88. The third-order valence-electron chi connectivity index (χ3n) is 3.43. The number of amides is 1. The largest absolute Gasteiger partial charge is 0.394 e. The zero-order valence-corrected chi connectivity index (χ0v) is 13.4. The fraction of sp³-hybridized carbons (Fsp3) is 0.357. The van der Waals surface area contributed by atoms with Crippen molar-refractivity contribution in [3.8, 4) is 0 Å². The van der Waals surface area contributed by atoms with Crippen LogP contribution in [0.3, 0.4) is 0 Å². The van der Waals surface area contributed by atoms with Gasteiger partial charge in [0.25, 0.3) is 5.91 Å². The van der Waals surface area contributed by atoms with Gasteiger partial charge in [0.15, 0.2) is 0 Å². The van der Waals surface area contributed by atoms with Crippen LogP contribution in [0.5, 0.6) is 0 Å². The number of halogens is 1. The third kappa shape index (κ3) is 3.67. The summed E-state index contributed by atoms with van der Waals surface area (Å²) in [6.45, 7) is -0.255. The van der Waals surface area contributed by atoms with Crippen LogP contribution in [0, 0.1) is 0 Å². The van der Waals surface area contributed by atoms with E-state index in [4.69, 9.17) is 21.4 Å². The van der Waals surface area contributed by atoms with E-state index >= 15 is 0 Å². The highest BCUT2D eigenvalue weighted by molar-refractivity contribution is 7.15. The SMILES string of the molecule is O=C(Nc1nnc([C@@H]2C[C@H](O)[C@@H](CO)O2)s1)c1cccc(Cl)c1. The summed E-state index contributed by atoms with van der Waals surface area (Å²) < 4.78 is 5.51. The number of carbonyl (C=O) groups excluding carboxylic acids is 1. The lowest BCUT2D eigenvalue weighted by Gasteiger charge is -2.09. The molecular formula is C14H14ClN3O4S. The van der Waals surface area contributed by atoms with E-state index in [1.807, 2.05) is 0 Å². The summed E-state index contributed by atoms with van der Waals surface area (Å²) in [5.74, 6) is -0.337. The van der Waals surface area contributed by atoms with Gasteiger partial charge in [-0.3, -0.25) is 10.1 Å². The standard InChI is InChI=1S/C14H14ClN3O4S/c15-8-3-1-2-7(4-8)12(21)16-14-18-17-13(23-14)10-5-9(20)11(6-19)22-10/h1-4,9-11,19-20H,5-6H2,(H,16,18,21)/t9-,10-,11+/m0/s1. The van der Waals surface area contributed by atoms with Gasteiger partial charge in [-0.2, -0.15) is 0 Å². The Hall–Kier alpha value is -1.58. The van der Waals surface area contributed by atoms with Crippen LogP contribution in [0.4, 0.5) is 5.13 Å². The molecule has 1 fully saturated rings. The summed E-state index contributed by atoms with van der Waals surface area (Å²) in [4.78, 5) is 12.1. The van der Waals surface area contributed by atoms with E-state index in [1.165, 1.54) is 11.3 Å². The molecule has 7 nitrogen and oxygen atoms in total. The summed E-state index contributed by atoms with van der Waals surface area (Å²) in [6.07, 6.45) is -1.45. The lowest BCUT2D eigenvalue weighted by atomic mass is 10.1. The molecule has 0 radical (unpaired) electrons. The second kappa shape index (κ2) is 6.90. The highest BCUT2D eigenvalue weighted by atomic mass is 35.5. The van der Waals surface area contributed by atoms with Gasteiger partial charge in [0.05, 0.1) is 12.7 Å². The van der Waals surface area contributed by atoms with Gasteiger partial charge in [0, 0.05) is 17.0 Å². The number of carbonyl (C=O) groups is 1. The number of ether oxygens (including phenoxy) is 1. The fourth-order valence-electron chi connectivity index (χ4n) is 2.27. The Morgan fingerprint density at radius 2 is 2.30 bits per heavy atom. The molecule has 1 saturated heterocycles. The number of rotatable bonds is 4. The van der Waals surface area contributed by atoms with Crippen molar-refractivity contribution in [2.45, 2.75) is 24.7 Å². The molecule has 3 N–H and O–H groups in total. The maximum Gasteiger partial charge on any atom is 0.257 e. The zero-order chi connectivity index (χ0) is 16.4. The van der Waals surface area contributed by atoms with Gasteiger partial charge < -0.3 is 14.9 Å². The Balaban J connectivity index is 1.67. The summed E-state index contributed by atoms with van der Waals surface area (Å²) in [5.41, 5.74) is 0.419. The van der Waals surface area contributed by atoms with Gasteiger partial charge in [0.1, 0.15) is 17.2 Å². The van der Waals surface area contributed by atoms with Crippen LogP contribution >= 0.6 is 22.9 Å². The number of hydrogen-bond donors (Lipinski definition) is 3. The minimum Gasteiger partial charge on any atom is -0.394 e. The molecule has 0 saturated carbocycles. The molecule has 122 valence electrons. The summed E-state index contributed by atoms with van der Waals surface area (Å²) in [7, 11) is 0. The van der Waals surface area contributed by atoms with Crippen LogP contribution in [0.15, 0.2) is 24.3 Å². The van der Waals surface area contributed by atoms with E-state index < -0.39 is 18.3 Å². The van der Waals surface area contributed by atoms with Crippen molar-refractivity contribution in [2.75, 3.05) is 11.9 Å². The average Bonchev–Trinajstić information content (AvgIpc) is 3.13. The first-order valence-electron chi connectivity index (χ1n) is 6.91. The summed E-state index contributed by atoms with van der Waals surface area (Å²) in [5, 5.41) is 30.7. The first-order valence-corrected chi connectivity index (χ1v) is 8.11. The van der Waals surface area contributed by atoms with E-state index in [2.05, 4.69) is 15.5 Å². The van der Waals surface area contributed by atoms with Crippen molar-refractivity contribution in [3.63, 3.8) is 0 Å². The number of anilines is 1. The highest BCUT2D eigenvalue weighted by Gasteiger charge is 2.36. The highest BCUT2D eigenvalue weighted by Crippen LogP contribution is 2.35. The third-order valence-corrected chi connectivity index (χ3v) is 4.59. The van der Waals surface area contributed by atoms with E-state index in [-0.39, 0.29) is 12.5 Å². The molecule has 1 amide bonds. The van der Waals surface area contributed by atoms with Crippen molar-refractivity contribution in [3.05, 3.63) is 39.9 Å². The molecule has 0 aliphatic carbocycles. The molecule has 0 spiro atoms. The Bertz CT molecular complexity index is 711. The Morgan fingerprint density at radius 3 is 3.00 bits per heavy atom. The summed E-state index contributed by atoms with van der Waals surface area (Å²) >= 11 is 7.02. The minimum atomic E-state index is -0.738. The first-order chi connectivity index (χ1) is 11.1. The van der Waals surface area contributed by atoms with E-state index in [9.17, 15) is 9.90 Å². The number of aromatic nitrogens is 2. The number of nitrogens with zero attached hydrogens (tertiary/aromatic N) is 2. The normalized spacial score (nSPS) is 23.9. The Labute approximate surface area is 140 Å². The second-order valence-corrected chi connectivity index (χ2v) is 6.50. The van der Waals surface area contributed by atoms with Crippen molar-refractivity contribution in [2.24, 2.45) is 0 Å². The maximum atomic E-state index is 12.1.